The van der Waals surface area contributed by atoms with Crippen molar-refractivity contribution in [2.75, 3.05) is 13.7 Å². The molecule has 0 amide bonds. The van der Waals surface area contributed by atoms with Crippen molar-refractivity contribution in [3.8, 4) is 0 Å². The normalized spacial score (nSPS) is 47.6. The van der Waals surface area contributed by atoms with E-state index in [4.69, 9.17) is 14.6 Å². The minimum absolute atomic E-state index is 0.308. The fourth-order valence-electron chi connectivity index (χ4n) is 1.48. The number of methoxy groups -OCH3 is 1. The molecule has 1 rings (SSSR count). The largest absolute Gasteiger partial charge is 0.443 e. The number of rotatable bonds is 2. The summed E-state index contributed by atoms with van der Waals surface area (Å²) in [5.41, 5.74) is 0. The van der Waals surface area contributed by atoms with Gasteiger partial charge in [-0.2, -0.15) is 0 Å². The maximum absolute atomic E-state index is 9.50. The summed E-state index contributed by atoms with van der Waals surface area (Å²) in [4.78, 5) is 0. The monoisotopic (exact) mass is 225 g/mol. The fraction of sp³-hybridized carbons (Fsp3) is 1.00. The Balaban J connectivity index is 2.85. The van der Waals surface area contributed by atoms with Crippen molar-refractivity contribution < 1.29 is 35.0 Å². The van der Waals surface area contributed by atoms with Gasteiger partial charge in [0.15, 0.2) is 19.0 Å². The van der Waals surface area contributed by atoms with Crippen molar-refractivity contribution in [2.24, 2.45) is 0 Å². The zero-order valence-corrected chi connectivity index (χ0v) is 8.28. The van der Waals surface area contributed by atoms with Crippen LogP contribution in [0.3, 0.4) is 0 Å². The number of ether oxygens (including phenoxy) is 2. The highest BCUT2D eigenvalue weighted by Crippen LogP contribution is 2.21. The Morgan fingerprint density at radius 3 is 2.07 bits per heavy atom. The first-order valence-corrected chi connectivity index (χ1v) is 4.58. The molecule has 0 aliphatic carbocycles. The van der Waals surface area contributed by atoms with Crippen LogP contribution in [0, 0.1) is 0 Å². The van der Waals surface area contributed by atoms with Crippen LogP contribution in [0.1, 0.15) is 0 Å². The zero-order valence-electron chi connectivity index (χ0n) is 8.28. The topological polar surface area (TPSA) is 122 Å². The van der Waals surface area contributed by atoms with Gasteiger partial charge in [0, 0.05) is 7.11 Å². The summed E-state index contributed by atoms with van der Waals surface area (Å²) in [6.45, 7) is -0.308. The molecule has 6 atom stereocenters. The quantitative estimate of drug-likeness (QED) is 0.362. The Bertz CT molecular complexity index is 170. The molecule has 7 heteroatoms. The molecule has 0 radical (unpaired) electrons. The molecule has 0 saturated carbocycles. The highest BCUT2D eigenvalue weighted by atomic mass is 16.7. The van der Waals surface area contributed by atoms with Crippen molar-refractivity contribution in [3.63, 3.8) is 0 Å². The molecule has 6 N–H and O–H groups in total. The van der Waals surface area contributed by atoms with Crippen LogP contribution in [0.5, 0.6) is 0 Å². The van der Waals surface area contributed by atoms with Crippen molar-refractivity contribution in [2.45, 2.75) is 36.8 Å². The summed E-state index contributed by atoms with van der Waals surface area (Å²) in [6.07, 6.45) is -8.18. The van der Waals surface area contributed by atoms with Crippen molar-refractivity contribution in [1.82, 2.24) is 0 Å². The van der Waals surface area contributed by atoms with Gasteiger partial charge in [0.2, 0.25) is 0 Å². The van der Waals surface area contributed by atoms with E-state index in [1.54, 1.807) is 0 Å². The molecule has 1 saturated heterocycles. The average molecular weight is 225 g/mol. The maximum atomic E-state index is 9.50. The van der Waals surface area contributed by atoms with Crippen LogP contribution in [0.2, 0.25) is 0 Å². The van der Waals surface area contributed by atoms with Crippen molar-refractivity contribution in [1.29, 1.82) is 0 Å². The standard InChI is InChI=1S/C8H16O7/c1-14-8-7(13)6(12)5(11)4(10)3(2-9)15-8/h3-13H,2H2,1H3/p+1/t3-,4-,5+,6-,7-,8+/m1/s1. The summed E-state index contributed by atoms with van der Waals surface area (Å²) in [5.74, 6) is 0. The number of aliphatic hydroxyl groups excluding tert-OH is 4. The van der Waals surface area contributed by atoms with Gasteiger partial charge in [-0.25, -0.2) is 0 Å². The molecule has 0 aromatic heterocycles. The van der Waals surface area contributed by atoms with Gasteiger partial charge in [-0.1, -0.05) is 0 Å². The van der Waals surface area contributed by atoms with E-state index in [-0.39, 0.29) is 6.61 Å². The Hall–Kier alpha value is -0.280. The minimum Gasteiger partial charge on any atom is -0.443 e. The van der Waals surface area contributed by atoms with Gasteiger partial charge in [0.1, 0.15) is 24.4 Å². The van der Waals surface area contributed by atoms with Gasteiger partial charge in [-0.05, 0) is 0 Å². The smallest absolute Gasteiger partial charge is 0.186 e. The van der Waals surface area contributed by atoms with Gasteiger partial charge in [-0.15, -0.1) is 0 Å². The van der Waals surface area contributed by atoms with E-state index in [1.165, 1.54) is 7.11 Å². The third-order valence-electron chi connectivity index (χ3n) is 2.45. The first-order chi connectivity index (χ1) is 7.02. The minimum atomic E-state index is -1.57. The lowest BCUT2D eigenvalue weighted by Crippen LogP contribution is -2.47. The lowest BCUT2D eigenvalue weighted by molar-refractivity contribution is -0.221. The van der Waals surface area contributed by atoms with E-state index in [0.29, 0.717) is 0 Å². The molecule has 1 aliphatic heterocycles. The molecular weight excluding hydrogens is 208 g/mol. The predicted molar refractivity (Wildman–Crippen MR) is 48.2 cm³/mol. The lowest BCUT2D eigenvalue weighted by atomic mass is 10.0. The molecular formula is C8H17O7+. The SMILES string of the molecule is CO[C@H]1O[C@H](C[OH2+])[C@@H](O)[C@H](O)[C@@H](O)[C@H]1O. The summed E-state index contributed by atoms with van der Waals surface area (Å²) in [5, 5.41) is 44.9. The van der Waals surface area contributed by atoms with E-state index in [2.05, 4.69) is 0 Å². The Morgan fingerprint density at radius 1 is 1.07 bits per heavy atom. The molecule has 0 unspecified atom stereocenters. The van der Waals surface area contributed by atoms with Crippen LogP contribution in [0.4, 0.5) is 0 Å². The van der Waals surface area contributed by atoms with Gasteiger partial charge < -0.3 is 35.0 Å². The van der Waals surface area contributed by atoms with Crippen LogP contribution in [0.25, 0.3) is 0 Å². The first kappa shape index (κ1) is 12.8. The molecule has 0 bridgehead atoms. The Kier molecular flexibility index (Phi) is 4.41. The predicted octanol–water partition coefficient (Wildman–Crippen LogP) is -3.47. The molecule has 15 heavy (non-hydrogen) atoms. The van der Waals surface area contributed by atoms with Gasteiger partial charge in [0.25, 0.3) is 0 Å². The zero-order chi connectivity index (χ0) is 11.6. The van der Waals surface area contributed by atoms with E-state index < -0.39 is 36.8 Å². The van der Waals surface area contributed by atoms with Crippen LogP contribution < -0.4 is 0 Å². The van der Waals surface area contributed by atoms with E-state index in [9.17, 15) is 20.4 Å². The van der Waals surface area contributed by atoms with Crippen molar-refractivity contribution in [3.05, 3.63) is 0 Å². The van der Waals surface area contributed by atoms with E-state index >= 15 is 0 Å². The molecule has 1 fully saturated rings. The second-order valence-corrected chi connectivity index (χ2v) is 3.45. The number of hydrogen-bond acceptors (Lipinski definition) is 6. The number of hydrogen-bond donors (Lipinski definition) is 4. The van der Waals surface area contributed by atoms with E-state index in [1.807, 2.05) is 0 Å². The summed E-state index contributed by atoms with van der Waals surface area (Å²) >= 11 is 0. The number of aliphatic hydroxyl groups is 4. The summed E-state index contributed by atoms with van der Waals surface area (Å²) < 4.78 is 9.79. The molecule has 0 aromatic rings. The highest BCUT2D eigenvalue weighted by molar-refractivity contribution is 4.90. The van der Waals surface area contributed by atoms with Crippen LogP contribution in [0.15, 0.2) is 0 Å². The summed E-state index contributed by atoms with van der Waals surface area (Å²) in [7, 11) is 1.26. The second-order valence-electron chi connectivity index (χ2n) is 3.45. The molecule has 1 aliphatic rings. The highest BCUT2D eigenvalue weighted by Gasteiger charge is 2.45. The second kappa shape index (κ2) is 5.17. The summed E-state index contributed by atoms with van der Waals surface area (Å²) in [6, 6.07) is 0. The Labute approximate surface area is 86.5 Å². The van der Waals surface area contributed by atoms with Gasteiger partial charge in [-0.3, -0.25) is 0 Å². The van der Waals surface area contributed by atoms with Crippen LogP contribution in [-0.2, 0) is 9.47 Å². The van der Waals surface area contributed by atoms with E-state index in [0.717, 1.165) is 0 Å². The average Bonchev–Trinajstić information content (AvgIpc) is 2.33. The van der Waals surface area contributed by atoms with Gasteiger partial charge in [0.05, 0.1) is 0 Å². The maximum Gasteiger partial charge on any atom is 0.186 e. The lowest BCUT2D eigenvalue weighted by Gasteiger charge is -2.23. The molecule has 0 spiro atoms. The molecule has 7 nitrogen and oxygen atoms in total. The molecule has 1 heterocycles. The van der Waals surface area contributed by atoms with Gasteiger partial charge >= 0.3 is 0 Å². The van der Waals surface area contributed by atoms with Crippen molar-refractivity contribution >= 4 is 0 Å². The van der Waals surface area contributed by atoms with Crippen LogP contribution in [-0.4, -0.2) is 76.1 Å². The third-order valence-corrected chi connectivity index (χ3v) is 2.45. The fourth-order valence-corrected chi connectivity index (χ4v) is 1.48. The third kappa shape index (κ3) is 2.45. The van der Waals surface area contributed by atoms with Crippen LogP contribution >= 0.6 is 0 Å². The Morgan fingerprint density at radius 2 is 1.60 bits per heavy atom. The first-order valence-electron chi connectivity index (χ1n) is 4.58. The molecule has 90 valence electrons. The molecule has 0 aromatic carbocycles.